The highest BCUT2D eigenvalue weighted by molar-refractivity contribution is 5.92. The van der Waals surface area contributed by atoms with Crippen molar-refractivity contribution in [3.63, 3.8) is 0 Å². The topological polar surface area (TPSA) is 65.5 Å². The number of nitrogen functional groups attached to an aromatic ring is 1. The predicted molar refractivity (Wildman–Crippen MR) is 67.4 cm³/mol. The van der Waals surface area contributed by atoms with Crippen LogP contribution in [0.15, 0.2) is 27.4 Å². The van der Waals surface area contributed by atoms with Gasteiger partial charge in [0, 0.05) is 11.5 Å². The van der Waals surface area contributed by atoms with Gasteiger partial charge in [0.1, 0.15) is 11.4 Å². The molecular weight excluding hydrogens is 218 g/mol. The largest absolute Gasteiger partial charge is 0.494 e. The van der Waals surface area contributed by atoms with Crippen LogP contribution in [-0.4, -0.2) is 7.11 Å². The number of benzene rings is 1. The lowest BCUT2D eigenvalue weighted by Crippen LogP contribution is -2.03. The third-order valence-corrected chi connectivity index (χ3v) is 2.74. The molecule has 90 valence electrons. The van der Waals surface area contributed by atoms with Gasteiger partial charge in [0.15, 0.2) is 5.58 Å². The van der Waals surface area contributed by atoms with Crippen molar-refractivity contribution in [2.24, 2.45) is 0 Å². The van der Waals surface area contributed by atoms with Crippen LogP contribution in [-0.2, 0) is 6.42 Å². The second-order valence-electron chi connectivity index (χ2n) is 3.90. The van der Waals surface area contributed by atoms with Gasteiger partial charge < -0.3 is 14.9 Å². The van der Waals surface area contributed by atoms with Crippen LogP contribution in [0.3, 0.4) is 0 Å². The fourth-order valence-corrected chi connectivity index (χ4v) is 1.95. The Morgan fingerprint density at radius 2 is 2.18 bits per heavy atom. The Hall–Kier alpha value is -1.97. The molecule has 0 aliphatic carbocycles. The zero-order valence-electron chi connectivity index (χ0n) is 9.95. The first kappa shape index (κ1) is 11.5. The zero-order valence-corrected chi connectivity index (χ0v) is 9.95. The van der Waals surface area contributed by atoms with Gasteiger partial charge >= 0.3 is 5.63 Å². The Balaban J connectivity index is 2.79. The van der Waals surface area contributed by atoms with Gasteiger partial charge in [0.05, 0.1) is 7.11 Å². The van der Waals surface area contributed by atoms with Gasteiger partial charge in [0.2, 0.25) is 0 Å². The fourth-order valence-electron chi connectivity index (χ4n) is 1.95. The average Bonchev–Trinajstić information content (AvgIpc) is 2.31. The number of hydrogen-bond acceptors (Lipinski definition) is 4. The molecule has 1 heterocycles. The monoisotopic (exact) mass is 233 g/mol. The van der Waals surface area contributed by atoms with Gasteiger partial charge in [-0.2, -0.15) is 0 Å². The molecule has 0 bridgehead atoms. The molecule has 2 rings (SSSR count). The molecule has 0 radical (unpaired) electrons. The van der Waals surface area contributed by atoms with E-state index in [0.717, 1.165) is 23.8 Å². The Morgan fingerprint density at radius 3 is 2.82 bits per heavy atom. The highest BCUT2D eigenvalue weighted by atomic mass is 16.5. The Kier molecular flexibility index (Phi) is 3.04. The molecule has 4 heteroatoms. The zero-order chi connectivity index (χ0) is 12.4. The van der Waals surface area contributed by atoms with Crippen molar-refractivity contribution in [1.82, 2.24) is 0 Å². The fraction of sp³-hybridized carbons (Fsp3) is 0.308. The lowest BCUT2D eigenvalue weighted by atomic mass is 10.0. The molecule has 0 aliphatic rings. The summed E-state index contributed by atoms with van der Waals surface area (Å²) in [5.41, 5.74) is 7.29. The summed E-state index contributed by atoms with van der Waals surface area (Å²) in [5.74, 6) is 0.522. The van der Waals surface area contributed by atoms with E-state index < -0.39 is 0 Å². The van der Waals surface area contributed by atoms with Crippen LogP contribution in [0.5, 0.6) is 5.75 Å². The van der Waals surface area contributed by atoms with Gasteiger partial charge in [-0.1, -0.05) is 13.3 Å². The van der Waals surface area contributed by atoms with Crippen LogP contribution in [0.4, 0.5) is 5.69 Å². The Labute approximate surface area is 99.0 Å². The van der Waals surface area contributed by atoms with E-state index in [1.807, 2.05) is 6.07 Å². The van der Waals surface area contributed by atoms with Crippen LogP contribution in [0.25, 0.3) is 11.0 Å². The maximum absolute atomic E-state index is 11.5. The average molecular weight is 233 g/mol. The molecule has 1 aromatic heterocycles. The summed E-state index contributed by atoms with van der Waals surface area (Å²) in [6.07, 6.45) is 1.79. The van der Waals surface area contributed by atoms with Crippen LogP contribution >= 0.6 is 0 Å². The van der Waals surface area contributed by atoms with Crippen LogP contribution in [0, 0.1) is 0 Å². The number of methoxy groups -OCH3 is 1. The van der Waals surface area contributed by atoms with Crippen molar-refractivity contribution in [1.29, 1.82) is 0 Å². The number of nitrogens with two attached hydrogens (primary N) is 1. The first-order valence-corrected chi connectivity index (χ1v) is 5.56. The van der Waals surface area contributed by atoms with E-state index in [1.54, 1.807) is 6.07 Å². The summed E-state index contributed by atoms with van der Waals surface area (Å²) in [6.45, 7) is 2.06. The van der Waals surface area contributed by atoms with E-state index in [-0.39, 0.29) is 5.63 Å². The summed E-state index contributed by atoms with van der Waals surface area (Å²) < 4.78 is 10.3. The minimum atomic E-state index is -0.374. The number of anilines is 1. The molecule has 0 spiro atoms. The van der Waals surface area contributed by atoms with Gasteiger partial charge in [-0.05, 0) is 24.1 Å². The van der Waals surface area contributed by atoms with Crippen molar-refractivity contribution in [2.75, 3.05) is 12.8 Å². The maximum atomic E-state index is 11.5. The van der Waals surface area contributed by atoms with Gasteiger partial charge in [-0.3, -0.25) is 0 Å². The molecule has 0 saturated carbocycles. The maximum Gasteiger partial charge on any atom is 0.336 e. The van der Waals surface area contributed by atoms with E-state index in [9.17, 15) is 4.79 Å². The van der Waals surface area contributed by atoms with Crippen molar-refractivity contribution >= 4 is 16.7 Å². The number of rotatable bonds is 3. The summed E-state index contributed by atoms with van der Waals surface area (Å²) in [7, 11) is 1.53. The molecule has 4 nitrogen and oxygen atoms in total. The third kappa shape index (κ3) is 1.98. The molecule has 2 aromatic rings. The minimum absolute atomic E-state index is 0.374. The smallest absolute Gasteiger partial charge is 0.336 e. The first-order valence-electron chi connectivity index (χ1n) is 5.56. The standard InChI is InChI=1S/C13H15NO3/c1-3-4-8-7-11(15)17-13-9(8)5-6-10(16-2)12(13)14/h5-7H,3-4,14H2,1-2H3. The summed E-state index contributed by atoms with van der Waals surface area (Å²) in [5, 5.41) is 0.879. The molecule has 0 fully saturated rings. The second kappa shape index (κ2) is 4.49. The van der Waals surface area contributed by atoms with E-state index in [1.165, 1.54) is 13.2 Å². The van der Waals surface area contributed by atoms with Crippen molar-refractivity contribution in [2.45, 2.75) is 19.8 Å². The molecule has 0 saturated heterocycles. The molecule has 0 unspecified atom stereocenters. The highest BCUT2D eigenvalue weighted by Crippen LogP contribution is 2.31. The summed E-state index contributed by atoms with van der Waals surface area (Å²) >= 11 is 0. The molecule has 0 aliphatic heterocycles. The van der Waals surface area contributed by atoms with Gasteiger partial charge in [0.25, 0.3) is 0 Å². The normalized spacial score (nSPS) is 10.7. The number of fused-ring (bicyclic) bond motifs is 1. The Morgan fingerprint density at radius 1 is 1.41 bits per heavy atom. The predicted octanol–water partition coefficient (Wildman–Crippen LogP) is 2.34. The molecule has 0 atom stereocenters. The lowest BCUT2D eigenvalue weighted by molar-refractivity contribution is 0.416. The van der Waals surface area contributed by atoms with Crippen LogP contribution < -0.4 is 16.1 Å². The minimum Gasteiger partial charge on any atom is -0.494 e. The molecule has 17 heavy (non-hydrogen) atoms. The number of ether oxygens (including phenoxy) is 1. The number of aryl methyl sites for hydroxylation is 1. The van der Waals surface area contributed by atoms with Crippen LogP contribution in [0.1, 0.15) is 18.9 Å². The molecular formula is C13H15NO3. The van der Waals surface area contributed by atoms with E-state index in [4.69, 9.17) is 14.9 Å². The number of hydrogen-bond donors (Lipinski definition) is 1. The van der Waals surface area contributed by atoms with Crippen molar-refractivity contribution in [3.05, 3.63) is 34.2 Å². The highest BCUT2D eigenvalue weighted by Gasteiger charge is 2.11. The lowest BCUT2D eigenvalue weighted by Gasteiger charge is -2.09. The first-order chi connectivity index (χ1) is 8.17. The summed E-state index contributed by atoms with van der Waals surface area (Å²) in [6, 6.07) is 5.19. The third-order valence-electron chi connectivity index (χ3n) is 2.74. The molecule has 2 N–H and O–H groups in total. The van der Waals surface area contributed by atoms with Crippen molar-refractivity contribution < 1.29 is 9.15 Å². The Bertz CT molecular complexity index is 601. The second-order valence-corrected chi connectivity index (χ2v) is 3.90. The van der Waals surface area contributed by atoms with E-state index in [0.29, 0.717) is 17.0 Å². The molecule has 1 aromatic carbocycles. The van der Waals surface area contributed by atoms with Crippen molar-refractivity contribution in [3.8, 4) is 5.75 Å². The van der Waals surface area contributed by atoms with Gasteiger partial charge in [-0.15, -0.1) is 0 Å². The van der Waals surface area contributed by atoms with Crippen LogP contribution in [0.2, 0.25) is 0 Å². The quantitative estimate of drug-likeness (QED) is 0.652. The molecule has 0 amide bonds. The SMILES string of the molecule is CCCc1cc(=O)oc2c(N)c(OC)ccc12. The van der Waals surface area contributed by atoms with Gasteiger partial charge in [-0.25, -0.2) is 4.79 Å². The van der Waals surface area contributed by atoms with E-state index >= 15 is 0 Å². The van der Waals surface area contributed by atoms with E-state index in [2.05, 4.69) is 6.92 Å². The summed E-state index contributed by atoms with van der Waals surface area (Å²) in [4.78, 5) is 11.5.